The number of benzene rings is 1. The third kappa shape index (κ3) is 6.37. The van der Waals surface area contributed by atoms with Crippen LogP contribution < -0.4 is 16.4 Å². The molecule has 9 heteroatoms. The lowest BCUT2D eigenvalue weighted by Gasteiger charge is -2.21. The predicted molar refractivity (Wildman–Crippen MR) is 118 cm³/mol. The molecule has 0 aliphatic rings. The Labute approximate surface area is 181 Å². The molecule has 3 amide bonds. The molecule has 0 aliphatic heterocycles. The highest BCUT2D eigenvalue weighted by Crippen LogP contribution is 2.13. The predicted octanol–water partition coefficient (Wildman–Crippen LogP) is 2.00. The van der Waals surface area contributed by atoms with Crippen LogP contribution in [0.15, 0.2) is 29.1 Å². The van der Waals surface area contributed by atoms with Gasteiger partial charge in [-0.2, -0.15) is 5.10 Å². The van der Waals surface area contributed by atoms with Gasteiger partial charge in [0, 0.05) is 37.9 Å². The number of amides is 3. The van der Waals surface area contributed by atoms with Gasteiger partial charge in [0.25, 0.3) is 11.5 Å². The highest BCUT2D eigenvalue weighted by atomic mass is 16.2. The monoisotopic (exact) mass is 429 g/mol. The van der Waals surface area contributed by atoms with Crippen LogP contribution in [0, 0.1) is 0 Å². The van der Waals surface area contributed by atoms with Crippen LogP contribution in [-0.2, 0) is 16.1 Å². The molecule has 2 rings (SSSR count). The summed E-state index contributed by atoms with van der Waals surface area (Å²) in [5, 5.41) is 4.93. The zero-order valence-electron chi connectivity index (χ0n) is 18.4. The number of hydrazine groups is 1. The first-order chi connectivity index (χ1) is 14.9. The normalized spacial score (nSPS) is 10.7. The molecule has 1 heterocycles. The molecular formula is C22H31N5O4. The quantitative estimate of drug-likeness (QED) is 0.561. The first-order valence-electron chi connectivity index (χ1n) is 10.8. The van der Waals surface area contributed by atoms with Gasteiger partial charge in [-0.1, -0.05) is 32.0 Å². The first kappa shape index (κ1) is 24.0. The van der Waals surface area contributed by atoms with E-state index < -0.39 is 11.8 Å². The Bertz CT molecular complexity index is 980. The molecule has 0 radical (unpaired) electrons. The summed E-state index contributed by atoms with van der Waals surface area (Å²) in [7, 11) is 0. The molecule has 2 aromatic rings. The zero-order valence-corrected chi connectivity index (χ0v) is 18.4. The summed E-state index contributed by atoms with van der Waals surface area (Å²) in [6.45, 7) is 7.56. The van der Waals surface area contributed by atoms with Gasteiger partial charge in [0.2, 0.25) is 11.8 Å². The van der Waals surface area contributed by atoms with E-state index in [1.807, 2.05) is 18.7 Å². The number of carbonyl (C=O) groups excluding carboxylic acids is 3. The number of carbonyl (C=O) groups is 3. The van der Waals surface area contributed by atoms with Crippen molar-refractivity contribution in [3.63, 3.8) is 0 Å². The summed E-state index contributed by atoms with van der Waals surface area (Å²) in [6, 6.07) is 6.71. The van der Waals surface area contributed by atoms with Crippen LogP contribution in [0.25, 0.3) is 10.8 Å². The van der Waals surface area contributed by atoms with Gasteiger partial charge in [-0.15, -0.1) is 0 Å². The Balaban J connectivity index is 1.93. The molecule has 0 fully saturated rings. The maximum Gasteiger partial charge on any atom is 0.290 e. The molecule has 0 atom stereocenters. The maximum atomic E-state index is 12.6. The van der Waals surface area contributed by atoms with Crippen molar-refractivity contribution in [1.29, 1.82) is 0 Å². The minimum absolute atomic E-state index is 0.0398. The van der Waals surface area contributed by atoms with Crippen molar-refractivity contribution >= 4 is 28.5 Å². The van der Waals surface area contributed by atoms with E-state index in [-0.39, 0.29) is 30.0 Å². The number of hydrogen-bond acceptors (Lipinski definition) is 5. The number of aromatic nitrogens is 2. The standard InChI is InChI=1S/C22H31N5O4/c1-4-14-26(15-5-2)19(29)13-9-12-18(28)23-24-21(30)20-16-10-7-8-11-17(16)22(31)27(6-3)25-20/h7-8,10-11H,4-6,9,12-15H2,1-3H3,(H,23,28)(H,24,30). The number of nitrogens with one attached hydrogen (secondary N) is 2. The molecule has 1 aromatic carbocycles. The van der Waals surface area contributed by atoms with Gasteiger partial charge >= 0.3 is 0 Å². The van der Waals surface area contributed by atoms with E-state index in [1.54, 1.807) is 31.2 Å². The van der Waals surface area contributed by atoms with E-state index in [1.165, 1.54) is 4.68 Å². The van der Waals surface area contributed by atoms with Crippen molar-refractivity contribution in [2.75, 3.05) is 13.1 Å². The lowest BCUT2D eigenvalue weighted by molar-refractivity contribution is -0.131. The molecule has 0 saturated heterocycles. The molecule has 0 spiro atoms. The van der Waals surface area contributed by atoms with Gasteiger partial charge in [0.1, 0.15) is 0 Å². The molecule has 0 saturated carbocycles. The SMILES string of the molecule is CCCN(CCC)C(=O)CCCC(=O)NNC(=O)c1nn(CC)c(=O)c2ccccc12. The summed E-state index contributed by atoms with van der Waals surface area (Å²) in [4.78, 5) is 51.1. The minimum atomic E-state index is -0.611. The fourth-order valence-corrected chi connectivity index (χ4v) is 3.32. The Morgan fingerprint density at radius 1 is 0.968 bits per heavy atom. The third-order valence-corrected chi connectivity index (χ3v) is 4.83. The topological polar surface area (TPSA) is 113 Å². The fourth-order valence-electron chi connectivity index (χ4n) is 3.32. The Kier molecular flexibility index (Phi) is 9.17. The Morgan fingerprint density at radius 3 is 2.23 bits per heavy atom. The summed E-state index contributed by atoms with van der Waals surface area (Å²) < 4.78 is 1.21. The van der Waals surface area contributed by atoms with Crippen molar-refractivity contribution < 1.29 is 14.4 Å². The van der Waals surface area contributed by atoms with Crippen molar-refractivity contribution in [2.24, 2.45) is 0 Å². The van der Waals surface area contributed by atoms with Gasteiger partial charge in [0.05, 0.1) is 5.39 Å². The van der Waals surface area contributed by atoms with E-state index in [9.17, 15) is 19.2 Å². The van der Waals surface area contributed by atoms with E-state index in [4.69, 9.17) is 0 Å². The Hall–Kier alpha value is -3.23. The van der Waals surface area contributed by atoms with E-state index in [0.717, 1.165) is 25.9 Å². The molecule has 2 N–H and O–H groups in total. The van der Waals surface area contributed by atoms with Crippen LogP contribution in [0.4, 0.5) is 0 Å². The Morgan fingerprint density at radius 2 is 1.61 bits per heavy atom. The molecule has 9 nitrogen and oxygen atoms in total. The second-order valence-corrected chi connectivity index (χ2v) is 7.25. The fraction of sp³-hybridized carbons (Fsp3) is 0.500. The van der Waals surface area contributed by atoms with Gasteiger partial charge in [-0.3, -0.25) is 30.0 Å². The number of hydrogen-bond donors (Lipinski definition) is 2. The molecule has 168 valence electrons. The first-order valence-corrected chi connectivity index (χ1v) is 10.8. The average Bonchev–Trinajstić information content (AvgIpc) is 2.77. The molecule has 0 unspecified atom stereocenters. The van der Waals surface area contributed by atoms with Crippen molar-refractivity contribution in [3.05, 3.63) is 40.3 Å². The number of aryl methyl sites for hydroxylation is 1. The largest absolute Gasteiger partial charge is 0.343 e. The minimum Gasteiger partial charge on any atom is -0.343 e. The summed E-state index contributed by atoms with van der Waals surface area (Å²) in [5.41, 5.74) is 4.49. The van der Waals surface area contributed by atoms with E-state index in [0.29, 0.717) is 23.7 Å². The van der Waals surface area contributed by atoms with Crippen LogP contribution >= 0.6 is 0 Å². The van der Waals surface area contributed by atoms with Crippen molar-refractivity contribution in [1.82, 2.24) is 25.5 Å². The van der Waals surface area contributed by atoms with Crippen molar-refractivity contribution in [3.8, 4) is 0 Å². The average molecular weight is 430 g/mol. The third-order valence-electron chi connectivity index (χ3n) is 4.83. The molecule has 0 aliphatic carbocycles. The van der Waals surface area contributed by atoms with Crippen LogP contribution in [-0.4, -0.2) is 45.5 Å². The molecule has 1 aromatic heterocycles. The van der Waals surface area contributed by atoms with Crippen LogP contribution in [0.5, 0.6) is 0 Å². The highest BCUT2D eigenvalue weighted by molar-refractivity contribution is 6.05. The number of nitrogens with zero attached hydrogens (tertiary/aromatic N) is 3. The maximum absolute atomic E-state index is 12.6. The summed E-state index contributed by atoms with van der Waals surface area (Å²) >= 11 is 0. The van der Waals surface area contributed by atoms with Crippen LogP contribution in [0.1, 0.15) is 63.4 Å². The summed E-state index contributed by atoms with van der Waals surface area (Å²) in [6.07, 6.45) is 2.58. The smallest absolute Gasteiger partial charge is 0.290 e. The van der Waals surface area contributed by atoms with E-state index >= 15 is 0 Å². The second-order valence-electron chi connectivity index (χ2n) is 7.25. The van der Waals surface area contributed by atoms with E-state index in [2.05, 4.69) is 16.0 Å². The van der Waals surface area contributed by atoms with Crippen LogP contribution in [0.2, 0.25) is 0 Å². The van der Waals surface area contributed by atoms with Gasteiger partial charge in [-0.25, -0.2) is 4.68 Å². The summed E-state index contributed by atoms with van der Waals surface area (Å²) in [5.74, 6) is -0.968. The van der Waals surface area contributed by atoms with Crippen molar-refractivity contribution in [2.45, 2.75) is 59.4 Å². The van der Waals surface area contributed by atoms with Gasteiger partial charge < -0.3 is 4.90 Å². The number of fused-ring (bicyclic) bond motifs is 1. The van der Waals surface area contributed by atoms with Gasteiger partial charge in [0.15, 0.2) is 5.69 Å². The second kappa shape index (κ2) is 11.8. The molecule has 31 heavy (non-hydrogen) atoms. The van der Waals surface area contributed by atoms with Crippen LogP contribution in [0.3, 0.4) is 0 Å². The zero-order chi connectivity index (χ0) is 22.8. The molecule has 0 bridgehead atoms. The molecular weight excluding hydrogens is 398 g/mol. The lowest BCUT2D eigenvalue weighted by atomic mass is 10.1. The number of rotatable bonds is 10. The highest BCUT2D eigenvalue weighted by Gasteiger charge is 2.17. The lowest BCUT2D eigenvalue weighted by Crippen LogP contribution is -2.42. The van der Waals surface area contributed by atoms with Gasteiger partial charge in [-0.05, 0) is 32.3 Å².